The minimum atomic E-state index is 0.845. The van der Waals surface area contributed by atoms with Crippen molar-refractivity contribution >= 4 is 5.69 Å². The van der Waals surface area contributed by atoms with E-state index in [0.29, 0.717) is 0 Å². The van der Waals surface area contributed by atoms with Gasteiger partial charge in [0.1, 0.15) is 0 Å². The predicted molar refractivity (Wildman–Crippen MR) is 91.3 cm³/mol. The molecule has 0 amide bonds. The molecule has 0 fully saturated rings. The normalized spacial score (nSPS) is 10.7. The lowest BCUT2D eigenvalue weighted by Crippen LogP contribution is -2.17. The lowest BCUT2D eigenvalue weighted by atomic mass is 10.0. The standard InChI is InChI=1S/C19H26N2/c1-2-3-8-17-9-4-5-10-18(17)15-21-13-12-16-7-6-11-19(20)14-16/h4-7,9-11,14,21H,2-3,8,12-13,15,20H2,1H3. The maximum absolute atomic E-state index is 5.80. The number of unbranched alkanes of at least 4 members (excludes halogenated alkanes) is 1. The lowest BCUT2D eigenvalue weighted by molar-refractivity contribution is 0.677. The minimum absolute atomic E-state index is 0.845. The molecule has 2 aromatic rings. The fourth-order valence-corrected chi connectivity index (χ4v) is 2.55. The minimum Gasteiger partial charge on any atom is -0.399 e. The van der Waals surface area contributed by atoms with Gasteiger partial charge < -0.3 is 11.1 Å². The van der Waals surface area contributed by atoms with Gasteiger partial charge in [0, 0.05) is 12.2 Å². The quantitative estimate of drug-likeness (QED) is 0.568. The first-order chi connectivity index (χ1) is 10.3. The molecule has 0 unspecified atom stereocenters. The smallest absolute Gasteiger partial charge is 0.0316 e. The molecule has 21 heavy (non-hydrogen) atoms. The van der Waals surface area contributed by atoms with Crippen molar-refractivity contribution in [1.29, 1.82) is 0 Å². The van der Waals surface area contributed by atoms with E-state index in [1.54, 1.807) is 0 Å². The number of hydrogen-bond acceptors (Lipinski definition) is 2. The molecule has 3 N–H and O–H groups in total. The maximum atomic E-state index is 5.80. The number of nitrogens with one attached hydrogen (secondary N) is 1. The van der Waals surface area contributed by atoms with Gasteiger partial charge >= 0.3 is 0 Å². The van der Waals surface area contributed by atoms with E-state index in [1.807, 2.05) is 12.1 Å². The summed E-state index contributed by atoms with van der Waals surface area (Å²) >= 11 is 0. The van der Waals surface area contributed by atoms with E-state index in [9.17, 15) is 0 Å². The Labute approximate surface area is 128 Å². The fourth-order valence-electron chi connectivity index (χ4n) is 2.55. The average Bonchev–Trinajstić information content (AvgIpc) is 2.50. The zero-order valence-corrected chi connectivity index (χ0v) is 12.9. The zero-order valence-electron chi connectivity index (χ0n) is 12.9. The summed E-state index contributed by atoms with van der Waals surface area (Å²) in [5, 5.41) is 3.55. The molecule has 112 valence electrons. The van der Waals surface area contributed by atoms with Crippen LogP contribution in [0.15, 0.2) is 48.5 Å². The van der Waals surface area contributed by atoms with Crippen LogP contribution < -0.4 is 11.1 Å². The Morgan fingerprint density at radius 2 is 1.76 bits per heavy atom. The first kappa shape index (κ1) is 15.6. The van der Waals surface area contributed by atoms with Crippen LogP contribution >= 0.6 is 0 Å². The van der Waals surface area contributed by atoms with Crippen molar-refractivity contribution in [3.8, 4) is 0 Å². The molecule has 2 aromatic carbocycles. The van der Waals surface area contributed by atoms with Crippen molar-refractivity contribution in [3.63, 3.8) is 0 Å². The fraction of sp³-hybridized carbons (Fsp3) is 0.368. The highest BCUT2D eigenvalue weighted by molar-refractivity contribution is 5.40. The number of benzene rings is 2. The Bertz CT molecular complexity index is 549. The van der Waals surface area contributed by atoms with Gasteiger partial charge in [-0.25, -0.2) is 0 Å². The Hall–Kier alpha value is -1.80. The van der Waals surface area contributed by atoms with Gasteiger partial charge in [-0.3, -0.25) is 0 Å². The van der Waals surface area contributed by atoms with E-state index in [2.05, 4.69) is 48.6 Å². The van der Waals surface area contributed by atoms with Crippen LogP contribution in [0.3, 0.4) is 0 Å². The second kappa shape index (κ2) is 8.48. The molecule has 0 aliphatic rings. The largest absolute Gasteiger partial charge is 0.399 e. The molecular weight excluding hydrogens is 256 g/mol. The van der Waals surface area contributed by atoms with E-state index >= 15 is 0 Å². The predicted octanol–water partition coefficient (Wildman–Crippen LogP) is 3.94. The van der Waals surface area contributed by atoms with Crippen molar-refractivity contribution in [2.75, 3.05) is 12.3 Å². The third kappa shape index (κ3) is 5.24. The molecule has 2 nitrogen and oxygen atoms in total. The molecule has 0 aliphatic carbocycles. The van der Waals surface area contributed by atoms with Gasteiger partial charge in [-0.05, 0) is 54.6 Å². The molecule has 0 aliphatic heterocycles. The summed E-state index contributed by atoms with van der Waals surface area (Å²) in [5.41, 5.74) is 10.8. The summed E-state index contributed by atoms with van der Waals surface area (Å²) in [5.74, 6) is 0. The highest BCUT2D eigenvalue weighted by Gasteiger charge is 2.01. The molecule has 2 heteroatoms. The van der Waals surface area contributed by atoms with E-state index in [-0.39, 0.29) is 0 Å². The molecule has 0 aromatic heterocycles. The van der Waals surface area contributed by atoms with E-state index in [0.717, 1.165) is 25.2 Å². The van der Waals surface area contributed by atoms with Crippen LogP contribution in [-0.4, -0.2) is 6.54 Å². The number of nitrogen functional groups attached to an aromatic ring is 1. The number of rotatable bonds is 8. The summed E-state index contributed by atoms with van der Waals surface area (Å²) in [6.45, 7) is 4.17. The van der Waals surface area contributed by atoms with Crippen molar-refractivity contribution in [3.05, 3.63) is 65.2 Å². The number of hydrogen-bond donors (Lipinski definition) is 2. The van der Waals surface area contributed by atoms with E-state index < -0.39 is 0 Å². The van der Waals surface area contributed by atoms with Gasteiger partial charge in [-0.15, -0.1) is 0 Å². The van der Waals surface area contributed by atoms with Crippen molar-refractivity contribution in [1.82, 2.24) is 5.32 Å². The summed E-state index contributed by atoms with van der Waals surface area (Å²) < 4.78 is 0. The zero-order chi connectivity index (χ0) is 14.9. The molecule has 0 radical (unpaired) electrons. The Balaban J connectivity index is 1.80. The molecule has 0 atom stereocenters. The van der Waals surface area contributed by atoms with Crippen LogP contribution in [-0.2, 0) is 19.4 Å². The first-order valence-electron chi connectivity index (χ1n) is 7.91. The van der Waals surface area contributed by atoms with Gasteiger partial charge in [-0.1, -0.05) is 49.7 Å². The van der Waals surface area contributed by atoms with Crippen LogP contribution in [0.5, 0.6) is 0 Å². The van der Waals surface area contributed by atoms with Crippen molar-refractivity contribution < 1.29 is 0 Å². The van der Waals surface area contributed by atoms with Crippen LogP contribution in [0.1, 0.15) is 36.5 Å². The monoisotopic (exact) mass is 282 g/mol. The second-order valence-corrected chi connectivity index (χ2v) is 5.54. The van der Waals surface area contributed by atoms with Crippen LogP contribution in [0.4, 0.5) is 5.69 Å². The van der Waals surface area contributed by atoms with Gasteiger partial charge in [0.25, 0.3) is 0 Å². The van der Waals surface area contributed by atoms with Crippen molar-refractivity contribution in [2.24, 2.45) is 0 Å². The van der Waals surface area contributed by atoms with Gasteiger partial charge in [0.2, 0.25) is 0 Å². The Kier molecular flexibility index (Phi) is 6.29. The maximum Gasteiger partial charge on any atom is 0.0316 e. The molecule has 0 heterocycles. The molecule has 0 bridgehead atoms. The van der Waals surface area contributed by atoms with Gasteiger partial charge in [-0.2, -0.15) is 0 Å². The SMILES string of the molecule is CCCCc1ccccc1CNCCc1cccc(N)c1. The summed E-state index contributed by atoms with van der Waals surface area (Å²) in [6, 6.07) is 16.9. The lowest BCUT2D eigenvalue weighted by Gasteiger charge is -2.10. The van der Waals surface area contributed by atoms with E-state index in [4.69, 9.17) is 5.73 Å². The van der Waals surface area contributed by atoms with Crippen molar-refractivity contribution in [2.45, 2.75) is 39.2 Å². The first-order valence-corrected chi connectivity index (χ1v) is 7.91. The topological polar surface area (TPSA) is 38.0 Å². The Morgan fingerprint density at radius 1 is 0.952 bits per heavy atom. The number of aryl methyl sites for hydroxylation is 1. The van der Waals surface area contributed by atoms with Gasteiger partial charge in [0.05, 0.1) is 0 Å². The number of anilines is 1. The van der Waals surface area contributed by atoms with Crippen LogP contribution in [0.2, 0.25) is 0 Å². The highest BCUT2D eigenvalue weighted by Crippen LogP contribution is 2.12. The molecule has 0 spiro atoms. The van der Waals surface area contributed by atoms with E-state index in [1.165, 1.54) is 36.0 Å². The average molecular weight is 282 g/mol. The molecule has 0 saturated carbocycles. The van der Waals surface area contributed by atoms with Crippen LogP contribution in [0.25, 0.3) is 0 Å². The third-order valence-electron chi connectivity index (χ3n) is 3.77. The Morgan fingerprint density at radius 3 is 2.52 bits per heavy atom. The van der Waals surface area contributed by atoms with Crippen LogP contribution in [0, 0.1) is 0 Å². The summed E-state index contributed by atoms with van der Waals surface area (Å²) in [7, 11) is 0. The van der Waals surface area contributed by atoms with Gasteiger partial charge in [0.15, 0.2) is 0 Å². The molecule has 0 saturated heterocycles. The number of nitrogens with two attached hydrogens (primary N) is 1. The highest BCUT2D eigenvalue weighted by atomic mass is 14.8. The third-order valence-corrected chi connectivity index (χ3v) is 3.77. The summed E-state index contributed by atoms with van der Waals surface area (Å²) in [6.07, 6.45) is 4.71. The summed E-state index contributed by atoms with van der Waals surface area (Å²) in [4.78, 5) is 0. The molecular formula is C19H26N2. The second-order valence-electron chi connectivity index (χ2n) is 5.54. The molecule has 2 rings (SSSR count).